The quantitative estimate of drug-likeness (QED) is 0.808. The Labute approximate surface area is 121 Å². The fourth-order valence-corrected chi connectivity index (χ4v) is 1.97. The van der Waals surface area contributed by atoms with Crippen LogP contribution in [0.1, 0.15) is 16.7 Å². The zero-order chi connectivity index (χ0) is 15.5. The Kier molecular flexibility index (Phi) is 4.40. The first kappa shape index (κ1) is 15.2. The fraction of sp³-hybridized carbons (Fsp3) is 0.250. The van der Waals surface area contributed by atoms with Gasteiger partial charge in [-0.15, -0.1) is 13.2 Å². The van der Waals surface area contributed by atoms with Crippen molar-refractivity contribution in [3.63, 3.8) is 0 Å². The van der Waals surface area contributed by atoms with Crippen LogP contribution in [0.3, 0.4) is 0 Å². The van der Waals surface area contributed by atoms with Crippen molar-refractivity contribution in [2.45, 2.75) is 26.8 Å². The lowest BCUT2D eigenvalue weighted by molar-refractivity contribution is -0.274. The summed E-state index contributed by atoms with van der Waals surface area (Å²) in [6.07, 6.45) is -4.67. The third-order valence-corrected chi connectivity index (χ3v) is 2.95. The molecule has 112 valence electrons. The molecule has 21 heavy (non-hydrogen) atoms. The largest absolute Gasteiger partial charge is 0.573 e. The molecule has 2 nitrogen and oxygen atoms in total. The molecule has 2 aromatic carbocycles. The van der Waals surface area contributed by atoms with Crippen molar-refractivity contribution in [2.75, 3.05) is 0 Å². The molecule has 0 spiro atoms. The van der Waals surface area contributed by atoms with E-state index in [2.05, 4.69) is 4.74 Å². The first-order chi connectivity index (χ1) is 9.85. The molecular weight excluding hydrogens is 281 g/mol. The maximum Gasteiger partial charge on any atom is 0.573 e. The number of halogens is 3. The van der Waals surface area contributed by atoms with Crippen molar-refractivity contribution in [3.05, 3.63) is 59.2 Å². The maximum absolute atomic E-state index is 12.1. The highest BCUT2D eigenvalue weighted by Crippen LogP contribution is 2.25. The summed E-state index contributed by atoms with van der Waals surface area (Å²) >= 11 is 0. The Morgan fingerprint density at radius 1 is 0.905 bits per heavy atom. The Hall–Kier alpha value is -2.17. The van der Waals surface area contributed by atoms with E-state index < -0.39 is 6.36 Å². The van der Waals surface area contributed by atoms with Crippen molar-refractivity contribution < 1.29 is 22.6 Å². The standard InChI is InChI=1S/C16H15F3O2/c1-11-4-3-5-12(2)15(11)20-10-13-6-8-14(9-7-13)21-16(17,18)19/h3-9H,10H2,1-2H3. The predicted octanol–water partition coefficient (Wildman–Crippen LogP) is 4.78. The van der Waals surface area contributed by atoms with Gasteiger partial charge in [0.15, 0.2) is 0 Å². The van der Waals surface area contributed by atoms with Gasteiger partial charge in [-0.05, 0) is 42.7 Å². The Morgan fingerprint density at radius 2 is 1.48 bits per heavy atom. The van der Waals surface area contributed by atoms with E-state index >= 15 is 0 Å². The van der Waals surface area contributed by atoms with Crippen LogP contribution in [-0.4, -0.2) is 6.36 Å². The molecule has 0 aliphatic carbocycles. The summed E-state index contributed by atoms with van der Waals surface area (Å²) in [5.74, 6) is 0.562. The molecule has 0 heterocycles. The summed E-state index contributed by atoms with van der Waals surface area (Å²) in [5, 5.41) is 0. The Morgan fingerprint density at radius 3 is 2.00 bits per heavy atom. The van der Waals surface area contributed by atoms with Crippen LogP contribution >= 0.6 is 0 Å². The van der Waals surface area contributed by atoms with Crippen LogP contribution in [-0.2, 0) is 6.61 Å². The molecule has 0 bridgehead atoms. The Balaban J connectivity index is 2.01. The van der Waals surface area contributed by atoms with Gasteiger partial charge in [0, 0.05) is 0 Å². The predicted molar refractivity (Wildman–Crippen MR) is 73.4 cm³/mol. The summed E-state index contributed by atoms with van der Waals surface area (Å²) in [7, 11) is 0. The number of benzene rings is 2. The third kappa shape index (κ3) is 4.41. The van der Waals surface area contributed by atoms with E-state index in [9.17, 15) is 13.2 Å². The van der Waals surface area contributed by atoms with Gasteiger partial charge in [-0.3, -0.25) is 0 Å². The highest BCUT2D eigenvalue weighted by Gasteiger charge is 2.30. The van der Waals surface area contributed by atoms with Gasteiger partial charge in [-0.1, -0.05) is 30.3 Å². The van der Waals surface area contributed by atoms with Gasteiger partial charge in [-0.25, -0.2) is 0 Å². The summed E-state index contributed by atoms with van der Waals surface area (Å²) in [6.45, 7) is 4.18. The number of aryl methyl sites for hydroxylation is 2. The van der Waals surface area contributed by atoms with Gasteiger partial charge < -0.3 is 9.47 Å². The number of rotatable bonds is 4. The summed E-state index contributed by atoms with van der Waals surface area (Å²) < 4.78 is 45.7. The average molecular weight is 296 g/mol. The Bertz CT molecular complexity index is 584. The zero-order valence-corrected chi connectivity index (χ0v) is 11.7. The summed E-state index contributed by atoms with van der Waals surface area (Å²) in [6, 6.07) is 11.5. The highest BCUT2D eigenvalue weighted by molar-refractivity contribution is 5.40. The molecule has 0 atom stereocenters. The molecular formula is C16H15F3O2. The van der Waals surface area contributed by atoms with Crippen LogP contribution in [0.4, 0.5) is 13.2 Å². The van der Waals surface area contributed by atoms with E-state index in [1.807, 2.05) is 32.0 Å². The first-order valence-corrected chi connectivity index (χ1v) is 6.39. The highest BCUT2D eigenvalue weighted by atomic mass is 19.4. The van der Waals surface area contributed by atoms with Crippen LogP contribution in [0.25, 0.3) is 0 Å². The molecule has 0 aromatic heterocycles. The minimum Gasteiger partial charge on any atom is -0.488 e. The number of hydrogen-bond acceptors (Lipinski definition) is 2. The average Bonchev–Trinajstić information content (AvgIpc) is 2.38. The van der Waals surface area contributed by atoms with Crippen LogP contribution < -0.4 is 9.47 Å². The van der Waals surface area contributed by atoms with Crippen LogP contribution in [0.15, 0.2) is 42.5 Å². The molecule has 0 saturated heterocycles. The summed E-state index contributed by atoms with van der Waals surface area (Å²) in [5.41, 5.74) is 2.81. The van der Waals surface area contributed by atoms with E-state index in [4.69, 9.17) is 4.74 Å². The molecule has 0 aliphatic rings. The number of ether oxygens (including phenoxy) is 2. The lowest BCUT2D eigenvalue weighted by atomic mass is 10.1. The van der Waals surface area contributed by atoms with Crippen LogP contribution in [0.2, 0.25) is 0 Å². The SMILES string of the molecule is Cc1cccc(C)c1OCc1ccc(OC(F)(F)F)cc1. The molecule has 2 aromatic rings. The molecule has 2 rings (SSSR count). The second-order valence-electron chi connectivity index (χ2n) is 4.70. The van der Waals surface area contributed by atoms with Crippen molar-refractivity contribution >= 4 is 0 Å². The molecule has 0 fully saturated rings. The third-order valence-electron chi connectivity index (χ3n) is 2.95. The number of alkyl halides is 3. The van der Waals surface area contributed by atoms with Crippen LogP contribution in [0, 0.1) is 13.8 Å². The van der Waals surface area contributed by atoms with Crippen molar-refractivity contribution in [1.82, 2.24) is 0 Å². The smallest absolute Gasteiger partial charge is 0.488 e. The minimum atomic E-state index is -4.67. The number of hydrogen-bond donors (Lipinski definition) is 0. The van der Waals surface area contributed by atoms with E-state index in [1.54, 1.807) is 12.1 Å². The molecule has 5 heteroatoms. The second kappa shape index (κ2) is 6.08. The van der Waals surface area contributed by atoms with Crippen molar-refractivity contribution in [2.24, 2.45) is 0 Å². The monoisotopic (exact) mass is 296 g/mol. The molecule has 0 aliphatic heterocycles. The van der Waals surface area contributed by atoms with Gasteiger partial charge in [-0.2, -0.15) is 0 Å². The molecule has 0 saturated carbocycles. The van der Waals surface area contributed by atoms with E-state index in [0.29, 0.717) is 0 Å². The van der Waals surface area contributed by atoms with E-state index in [0.717, 1.165) is 22.4 Å². The fourth-order valence-electron chi connectivity index (χ4n) is 1.97. The number of para-hydroxylation sites is 1. The topological polar surface area (TPSA) is 18.5 Å². The van der Waals surface area contributed by atoms with Crippen LogP contribution in [0.5, 0.6) is 11.5 Å². The second-order valence-corrected chi connectivity index (χ2v) is 4.70. The first-order valence-electron chi connectivity index (χ1n) is 6.39. The lowest BCUT2D eigenvalue weighted by Gasteiger charge is -2.12. The molecule has 0 amide bonds. The summed E-state index contributed by atoms with van der Waals surface area (Å²) in [4.78, 5) is 0. The van der Waals surface area contributed by atoms with Gasteiger partial charge in [0.1, 0.15) is 18.1 Å². The van der Waals surface area contributed by atoms with E-state index in [-0.39, 0.29) is 12.4 Å². The molecule has 0 radical (unpaired) electrons. The molecule has 0 unspecified atom stereocenters. The van der Waals surface area contributed by atoms with Gasteiger partial charge in [0.2, 0.25) is 0 Å². The minimum absolute atomic E-state index is 0.238. The van der Waals surface area contributed by atoms with Crippen molar-refractivity contribution in [3.8, 4) is 11.5 Å². The normalized spacial score (nSPS) is 11.3. The van der Waals surface area contributed by atoms with Crippen molar-refractivity contribution in [1.29, 1.82) is 0 Å². The molecule has 0 N–H and O–H groups in total. The van der Waals surface area contributed by atoms with Gasteiger partial charge in [0.25, 0.3) is 0 Å². The maximum atomic E-state index is 12.1. The lowest BCUT2D eigenvalue weighted by Crippen LogP contribution is -2.17. The zero-order valence-electron chi connectivity index (χ0n) is 11.7. The van der Waals surface area contributed by atoms with E-state index in [1.165, 1.54) is 12.1 Å². The van der Waals surface area contributed by atoms with Gasteiger partial charge >= 0.3 is 6.36 Å². The van der Waals surface area contributed by atoms with Gasteiger partial charge in [0.05, 0.1) is 0 Å².